The van der Waals surface area contributed by atoms with E-state index in [1.807, 2.05) is 0 Å². The molecule has 4 rings (SSSR count). The van der Waals surface area contributed by atoms with E-state index in [1.54, 1.807) is 56.3 Å². The molecule has 0 aromatic heterocycles. The second-order valence-electron chi connectivity index (χ2n) is 8.36. The monoisotopic (exact) mass is 561 g/mol. The molecule has 1 heterocycles. The Morgan fingerprint density at radius 2 is 1.32 bits per heavy atom. The number of imide groups is 1. The van der Waals surface area contributed by atoms with E-state index in [0.717, 1.165) is 4.90 Å². The predicted octanol–water partition coefficient (Wildman–Crippen LogP) is 4.73. The van der Waals surface area contributed by atoms with Gasteiger partial charge in [-0.3, -0.25) is 14.4 Å². The maximum atomic E-state index is 13.1. The second-order valence-corrected chi connectivity index (χ2v) is 8.74. The van der Waals surface area contributed by atoms with Gasteiger partial charge >= 0.3 is 11.9 Å². The van der Waals surface area contributed by atoms with Crippen molar-refractivity contribution in [2.75, 3.05) is 28.7 Å². The number of esters is 2. The summed E-state index contributed by atoms with van der Waals surface area (Å²) >= 11 is 6.22. The largest absolute Gasteiger partial charge is 0.462 e. The van der Waals surface area contributed by atoms with Crippen LogP contribution in [0, 0.1) is 0 Å². The predicted molar refractivity (Wildman–Crippen MR) is 148 cm³/mol. The summed E-state index contributed by atoms with van der Waals surface area (Å²) in [6, 6.07) is 18.3. The number of carbonyl (C=O) groups excluding carboxylic acids is 5. The van der Waals surface area contributed by atoms with Crippen LogP contribution >= 0.6 is 11.6 Å². The molecule has 0 saturated heterocycles. The van der Waals surface area contributed by atoms with E-state index in [9.17, 15) is 24.0 Å². The highest BCUT2D eigenvalue weighted by molar-refractivity contribution is 6.53. The first-order valence-corrected chi connectivity index (χ1v) is 12.6. The van der Waals surface area contributed by atoms with Gasteiger partial charge in [-0.25, -0.2) is 14.5 Å². The third kappa shape index (κ3) is 6.02. The molecule has 3 aromatic rings. The van der Waals surface area contributed by atoms with E-state index in [0.29, 0.717) is 16.9 Å². The molecule has 1 aliphatic rings. The second kappa shape index (κ2) is 12.3. The van der Waals surface area contributed by atoms with Crippen molar-refractivity contribution in [2.45, 2.75) is 13.8 Å². The van der Waals surface area contributed by atoms with Crippen LogP contribution in [0.15, 0.2) is 83.5 Å². The highest BCUT2D eigenvalue weighted by atomic mass is 35.5. The number of amides is 3. The van der Waals surface area contributed by atoms with Gasteiger partial charge in [0.2, 0.25) is 0 Å². The van der Waals surface area contributed by atoms with Crippen molar-refractivity contribution in [3.05, 3.63) is 100 Å². The van der Waals surface area contributed by atoms with Crippen LogP contribution in [0.4, 0.5) is 17.1 Å². The van der Waals surface area contributed by atoms with Gasteiger partial charge in [-0.2, -0.15) is 0 Å². The van der Waals surface area contributed by atoms with Crippen molar-refractivity contribution >= 4 is 58.3 Å². The van der Waals surface area contributed by atoms with Crippen molar-refractivity contribution in [2.24, 2.45) is 0 Å². The minimum atomic E-state index is -0.738. The molecular weight excluding hydrogens is 538 g/mol. The summed E-state index contributed by atoms with van der Waals surface area (Å²) in [5, 5.41) is 5.25. The van der Waals surface area contributed by atoms with Gasteiger partial charge in [-0.15, -0.1) is 0 Å². The summed E-state index contributed by atoms with van der Waals surface area (Å²) in [4.78, 5) is 63.4. The van der Waals surface area contributed by atoms with Crippen molar-refractivity contribution in [3.63, 3.8) is 0 Å². The average Bonchev–Trinajstić information content (AvgIpc) is 3.16. The summed E-state index contributed by atoms with van der Waals surface area (Å²) < 4.78 is 9.90. The van der Waals surface area contributed by atoms with Gasteiger partial charge in [-0.1, -0.05) is 17.7 Å². The lowest BCUT2D eigenvalue weighted by molar-refractivity contribution is -0.120. The van der Waals surface area contributed by atoms with Crippen LogP contribution in [0.2, 0.25) is 0 Å². The van der Waals surface area contributed by atoms with Crippen LogP contribution in [0.25, 0.3) is 0 Å². The van der Waals surface area contributed by atoms with Crippen LogP contribution in [-0.4, -0.2) is 42.9 Å². The van der Waals surface area contributed by atoms with E-state index in [4.69, 9.17) is 21.1 Å². The Morgan fingerprint density at radius 1 is 0.750 bits per heavy atom. The van der Waals surface area contributed by atoms with Gasteiger partial charge < -0.3 is 20.1 Å². The van der Waals surface area contributed by atoms with Crippen molar-refractivity contribution < 1.29 is 33.4 Å². The van der Waals surface area contributed by atoms with Crippen LogP contribution in [0.3, 0.4) is 0 Å². The molecule has 0 bridgehead atoms. The molecule has 11 heteroatoms. The molecule has 2 N–H and O–H groups in total. The van der Waals surface area contributed by atoms with E-state index < -0.39 is 29.7 Å². The lowest BCUT2D eigenvalue weighted by Crippen LogP contribution is -2.32. The lowest BCUT2D eigenvalue weighted by atomic mass is 10.1. The number of carbonyl (C=O) groups is 5. The molecule has 0 atom stereocenters. The first-order valence-electron chi connectivity index (χ1n) is 12.2. The fourth-order valence-electron chi connectivity index (χ4n) is 3.80. The molecular formula is C29H24ClN3O7. The number of ether oxygens (including phenoxy) is 2. The first-order chi connectivity index (χ1) is 19.2. The van der Waals surface area contributed by atoms with Gasteiger partial charge in [0.05, 0.1) is 30.0 Å². The molecule has 0 radical (unpaired) electrons. The molecule has 40 heavy (non-hydrogen) atoms. The summed E-state index contributed by atoms with van der Waals surface area (Å²) in [5.41, 5.74) is 1.76. The van der Waals surface area contributed by atoms with E-state index >= 15 is 0 Å². The normalized spacial score (nSPS) is 12.8. The Bertz CT molecular complexity index is 1520. The molecule has 0 aliphatic carbocycles. The van der Waals surface area contributed by atoms with Crippen LogP contribution in [-0.2, 0) is 19.1 Å². The molecule has 3 aromatic carbocycles. The SMILES string of the molecule is CCOC(=O)c1ccc(NC(=O)c2cccc(NC3=C(Cl)C(=O)N(c4ccc(C(=O)OCC)cc4)C3=O)c2)cc1. The maximum absolute atomic E-state index is 13.1. The highest BCUT2D eigenvalue weighted by Gasteiger charge is 2.39. The quantitative estimate of drug-likeness (QED) is 0.283. The fraction of sp³-hybridized carbons (Fsp3) is 0.138. The number of rotatable bonds is 9. The highest BCUT2D eigenvalue weighted by Crippen LogP contribution is 2.30. The summed E-state index contributed by atoms with van der Waals surface area (Å²) in [7, 11) is 0. The van der Waals surface area contributed by atoms with Gasteiger partial charge in [0, 0.05) is 16.9 Å². The molecule has 0 fully saturated rings. The standard InChI is InChI=1S/C29H24ClN3O7/c1-3-39-28(37)17-8-12-20(13-9-17)32-25(34)19-6-5-7-21(16-19)31-24-23(30)26(35)33(27(24)36)22-14-10-18(11-15-22)29(38)40-4-2/h5-16,31H,3-4H2,1-2H3,(H,32,34). The number of hydrogen-bond acceptors (Lipinski definition) is 8. The Balaban J connectivity index is 1.46. The van der Waals surface area contributed by atoms with Gasteiger partial charge in [0.15, 0.2) is 0 Å². The van der Waals surface area contributed by atoms with Crippen molar-refractivity contribution in [1.82, 2.24) is 0 Å². The molecule has 3 amide bonds. The molecule has 1 aliphatic heterocycles. The zero-order valence-electron chi connectivity index (χ0n) is 21.5. The molecule has 0 spiro atoms. The Kier molecular flexibility index (Phi) is 8.60. The third-order valence-corrected chi connectivity index (χ3v) is 6.06. The molecule has 0 saturated carbocycles. The summed E-state index contributed by atoms with van der Waals surface area (Å²) in [6.45, 7) is 3.87. The van der Waals surface area contributed by atoms with Gasteiger partial charge in [0.25, 0.3) is 17.7 Å². The van der Waals surface area contributed by atoms with Gasteiger partial charge in [0.1, 0.15) is 10.7 Å². The third-order valence-electron chi connectivity index (χ3n) is 5.71. The summed E-state index contributed by atoms with van der Waals surface area (Å²) in [6.07, 6.45) is 0. The zero-order chi connectivity index (χ0) is 28.8. The number of nitrogens with one attached hydrogen (secondary N) is 2. The smallest absolute Gasteiger partial charge is 0.338 e. The minimum absolute atomic E-state index is 0.159. The molecule has 10 nitrogen and oxygen atoms in total. The van der Waals surface area contributed by atoms with Crippen molar-refractivity contribution in [1.29, 1.82) is 0 Å². The summed E-state index contributed by atoms with van der Waals surface area (Å²) in [5.74, 6) is -2.86. The van der Waals surface area contributed by atoms with E-state index in [1.165, 1.54) is 30.3 Å². The first kappa shape index (κ1) is 28.1. The minimum Gasteiger partial charge on any atom is -0.462 e. The van der Waals surface area contributed by atoms with Crippen LogP contribution in [0.1, 0.15) is 44.9 Å². The van der Waals surface area contributed by atoms with E-state index in [-0.39, 0.29) is 40.8 Å². The Labute approximate surface area is 234 Å². The number of benzene rings is 3. The topological polar surface area (TPSA) is 131 Å². The molecule has 204 valence electrons. The molecule has 0 unspecified atom stereocenters. The van der Waals surface area contributed by atoms with E-state index in [2.05, 4.69) is 10.6 Å². The average molecular weight is 562 g/mol. The maximum Gasteiger partial charge on any atom is 0.338 e. The van der Waals surface area contributed by atoms with Crippen LogP contribution in [0.5, 0.6) is 0 Å². The Morgan fingerprint density at radius 3 is 1.90 bits per heavy atom. The van der Waals surface area contributed by atoms with Crippen LogP contribution < -0.4 is 15.5 Å². The number of anilines is 3. The Hall–Kier alpha value is -4.96. The van der Waals surface area contributed by atoms with Gasteiger partial charge in [-0.05, 0) is 80.6 Å². The number of halogens is 1. The number of hydrogen-bond donors (Lipinski definition) is 2. The lowest BCUT2D eigenvalue weighted by Gasteiger charge is -2.15. The number of nitrogens with zero attached hydrogens (tertiary/aromatic N) is 1. The fourth-order valence-corrected chi connectivity index (χ4v) is 4.01. The van der Waals surface area contributed by atoms with Crippen molar-refractivity contribution in [3.8, 4) is 0 Å². The zero-order valence-corrected chi connectivity index (χ0v) is 22.3.